The number of hydrogen-bond donors (Lipinski definition) is 2. The molecule has 0 bridgehead atoms. The van der Waals surface area contributed by atoms with Crippen LogP contribution in [0.3, 0.4) is 0 Å². The molecule has 20 heavy (non-hydrogen) atoms. The molecule has 0 heterocycles. The summed E-state index contributed by atoms with van der Waals surface area (Å²) in [5.74, 6) is -0.223. The minimum atomic E-state index is -3.69. The van der Waals surface area contributed by atoms with E-state index in [9.17, 15) is 18.3 Å². The van der Waals surface area contributed by atoms with Crippen molar-refractivity contribution in [2.24, 2.45) is 0 Å². The Hall–Kier alpha value is -1.44. The van der Waals surface area contributed by atoms with E-state index in [2.05, 4.69) is 5.32 Å². The number of carbonyl (C=O) groups is 1. The second-order valence-corrected chi connectivity index (χ2v) is 7.12. The molecule has 0 aliphatic heterocycles. The third-order valence-electron chi connectivity index (χ3n) is 3.07. The fraction of sp³-hybridized carbons (Fsp3) is 0.462. The van der Waals surface area contributed by atoms with Gasteiger partial charge in [0.05, 0.1) is 17.0 Å². The number of sulfonamides is 1. The molecule has 1 amide bonds. The highest BCUT2D eigenvalue weighted by atomic mass is 32.2. The highest BCUT2D eigenvalue weighted by Crippen LogP contribution is 2.23. The SMILES string of the molecule is CC(=O)Nc1ccc(S(=O)(=O)N(C)C(C)(C)CO)cc1. The number of likely N-dealkylation sites (N-methyl/N-ethyl adjacent to an activating group) is 1. The first kappa shape index (κ1) is 16.6. The quantitative estimate of drug-likeness (QED) is 0.850. The van der Waals surface area contributed by atoms with Crippen LogP contribution in [0.2, 0.25) is 0 Å². The highest BCUT2D eigenvalue weighted by molar-refractivity contribution is 7.89. The molecule has 0 saturated carbocycles. The Morgan fingerprint density at radius 2 is 1.80 bits per heavy atom. The van der Waals surface area contributed by atoms with E-state index in [1.165, 1.54) is 38.2 Å². The van der Waals surface area contributed by atoms with Crippen LogP contribution in [-0.2, 0) is 14.8 Å². The molecule has 0 unspecified atom stereocenters. The van der Waals surface area contributed by atoms with Gasteiger partial charge in [-0.25, -0.2) is 8.42 Å². The summed E-state index contributed by atoms with van der Waals surface area (Å²) >= 11 is 0. The monoisotopic (exact) mass is 300 g/mol. The number of aliphatic hydroxyl groups excluding tert-OH is 1. The molecule has 0 spiro atoms. The van der Waals surface area contributed by atoms with Crippen molar-refractivity contribution >= 4 is 21.6 Å². The molecular formula is C13H20N2O4S. The third-order valence-corrected chi connectivity index (χ3v) is 5.16. The molecule has 112 valence electrons. The van der Waals surface area contributed by atoms with Crippen LogP contribution in [0.25, 0.3) is 0 Å². The van der Waals surface area contributed by atoms with E-state index >= 15 is 0 Å². The topological polar surface area (TPSA) is 86.7 Å². The standard InChI is InChI=1S/C13H20N2O4S/c1-10(17)14-11-5-7-12(8-6-11)20(18,19)15(4)13(2,3)9-16/h5-8,16H,9H2,1-4H3,(H,14,17). The Bertz CT molecular complexity index is 579. The number of anilines is 1. The maximum Gasteiger partial charge on any atom is 0.243 e. The normalized spacial score (nSPS) is 12.5. The average molecular weight is 300 g/mol. The van der Waals surface area contributed by atoms with E-state index in [0.717, 1.165) is 4.31 Å². The largest absolute Gasteiger partial charge is 0.394 e. The minimum Gasteiger partial charge on any atom is -0.394 e. The van der Waals surface area contributed by atoms with Gasteiger partial charge in [-0.05, 0) is 38.1 Å². The van der Waals surface area contributed by atoms with E-state index in [0.29, 0.717) is 5.69 Å². The van der Waals surface area contributed by atoms with Crippen molar-refractivity contribution in [3.63, 3.8) is 0 Å². The molecule has 0 aromatic heterocycles. The number of carbonyl (C=O) groups excluding carboxylic acids is 1. The van der Waals surface area contributed by atoms with Gasteiger partial charge in [0.15, 0.2) is 0 Å². The summed E-state index contributed by atoms with van der Waals surface area (Å²) in [7, 11) is -2.27. The predicted octanol–water partition coefficient (Wildman–Crippen LogP) is 1.04. The van der Waals surface area contributed by atoms with Crippen molar-refractivity contribution in [1.82, 2.24) is 4.31 Å². The summed E-state index contributed by atoms with van der Waals surface area (Å²) in [6, 6.07) is 5.89. The number of aliphatic hydroxyl groups is 1. The Balaban J connectivity index is 3.08. The molecule has 1 aromatic carbocycles. The Labute approximate surface area is 119 Å². The first-order chi connectivity index (χ1) is 9.11. The summed E-state index contributed by atoms with van der Waals surface area (Å²) in [6.07, 6.45) is 0. The second kappa shape index (κ2) is 5.90. The number of hydrogen-bond acceptors (Lipinski definition) is 4. The van der Waals surface area contributed by atoms with Gasteiger partial charge < -0.3 is 10.4 Å². The van der Waals surface area contributed by atoms with Crippen molar-refractivity contribution in [2.45, 2.75) is 31.2 Å². The maximum atomic E-state index is 12.4. The summed E-state index contributed by atoms with van der Waals surface area (Å²) in [6.45, 7) is 4.36. The minimum absolute atomic E-state index is 0.107. The van der Waals surface area contributed by atoms with Crippen LogP contribution in [0.5, 0.6) is 0 Å². The zero-order valence-electron chi connectivity index (χ0n) is 12.0. The lowest BCUT2D eigenvalue weighted by Gasteiger charge is -2.32. The number of rotatable bonds is 5. The first-order valence-corrected chi connectivity index (χ1v) is 7.53. The molecule has 0 radical (unpaired) electrons. The Morgan fingerprint density at radius 1 is 1.30 bits per heavy atom. The van der Waals surface area contributed by atoms with Gasteiger partial charge in [0, 0.05) is 19.7 Å². The molecule has 6 nitrogen and oxygen atoms in total. The molecule has 0 saturated heterocycles. The lowest BCUT2D eigenvalue weighted by molar-refractivity contribution is -0.114. The van der Waals surface area contributed by atoms with Crippen LogP contribution in [0.15, 0.2) is 29.2 Å². The lowest BCUT2D eigenvalue weighted by atomic mass is 10.1. The fourth-order valence-corrected chi connectivity index (χ4v) is 3.00. The van der Waals surface area contributed by atoms with E-state index in [1.54, 1.807) is 13.8 Å². The summed E-state index contributed by atoms with van der Waals surface area (Å²) < 4.78 is 25.9. The van der Waals surface area contributed by atoms with Crippen LogP contribution in [0, 0.1) is 0 Å². The van der Waals surface area contributed by atoms with Crippen LogP contribution < -0.4 is 5.32 Å². The van der Waals surface area contributed by atoms with Crippen molar-refractivity contribution in [1.29, 1.82) is 0 Å². The van der Waals surface area contributed by atoms with Gasteiger partial charge in [-0.3, -0.25) is 4.79 Å². The number of nitrogens with one attached hydrogen (secondary N) is 1. The summed E-state index contributed by atoms with van der Waals surface area (Å²) in [5, 5.41) is 11.8. The van der Waals surface area contributed by atoms with Crippen LogP contribution in [0.4, 0.5) is 5.69 Å². The molecular weight excluding hydrogens is 280 g/mol. The molecule has 7 heteroatoms. The van der Waals surface area contributed by atoms with E-state index in [-0.39, 0.29) is 17.4 Å². The lowest BCUT2D eigenvalue weighted by Crippen LogP contribution is -2.47. The van der Waals surface area contributed by atoms with Crippen molar-refractivity contribution in [3.8, 4) is 0 Å². The molecule has 1 aromatic rings. The molecule has 0 aliphatic rings. The van der Waals surface area contributed by atoms with Gasteiger partial charge in [-0.2, -0.15) is 4.31 Å². The Morgan fingerprint density at radius 3 is 2.20 bits per heavy atom. The predicted molar refractivity (Wildman–Crippen MR) is 76.9 cm³/mol. The van der Waals surface area contributed by atoms with Crippen molar-refractivity contribution in [2.75, 3.05) is 19.0 Å². The number of amides is 1. The average Bonchev–Trinajstić information content (AvgIpc) is 2.37. The number of benzene rings is 1. The van der Waals surface area contributed by atoms with Crippen LogP contribution in [0.1, 0.15) is 20.8 Å². The molecule has 0 fully saturated rings. The number of nitrogens with zero attached hydrogens (tertiary/aromatic N) is 1. The molecule has 0 aliphatic carbocycles. The zero-order chi connectivity index (χ0) is 15.6. The second-order valence-electron chi connectivity index (χ2n) is 5.15. The molecule has 0 atom stereocenters. The van der Waals surface area contributed by atoms with Gasteiger partial charge >= 0.3 is 0 Å². The van der Waals surface area contributed by atoms with Gasteiger partial charge in [0.1, 0.15) is 0 Å². The van der Waals surface area contributed by atoms with Gasteiger partial charge in [-0.1, -0.05) is 0 Å². The highest BCUT2D eigenvalue weighted by Gasteiger charge is 2.33. The third kappa shape index (κ3) is 3.56. The first-order valence-electron chi connectivity index (χ1n) is 6.09. The fourth-order valence-electron chi connectivity index (χ4n) is 1.50. The van der Waals surface area contributed by atoms with Crippen molar-refractivity contribution < 1.29 is 18.3 Å². The summed E-state index contributed by atoms with van der Waals surface area (Å²) in [5.41, 5.74) is -0.365. The van der Waals surface area contributed by atoms with Gasteiger partial charge in [-0.15, -0.1) is 0 Å². The Kier molecular flexibility index (Phi) is 4.90. The van der Waals surface area contributed by atoms with Gasteiger partial charge in [0.25, 0.3) is 0 Å². The van der Waals surface area contributed by atoms with Crippen LogP contribution >= 0.6 is 0 Å². The smallest absolute Gasteiger partial charge is 0.243 e. The van der Waals surface area contributed by atoms with Crippen molar-refractivity contribution in [3.05, 3.63) is 24.3 Å². The van der Waals surface area contributed by atoms with Crippen LogP contribution in [-0.4, -0.2) is 42.9 Å². The van der Waals surface area contributed by atoms with E-state index < -0.39 is 15.6 Å². The summed E-state index contributed by atoms with van der Waals surface area (Å²) in [4.78, 5) is 11.0. The zero-order valence-corrected chi connectivity index (χ0v) is 12.9. The molecule has 2 N–H and O–H groups in total. The van der Waals surface area contributed by atoms with E-state index in [1.807, 2.05) is 0 Å². The maximum absolute atomic E-state index is 12.4. The van der Waals surface area contributed by atoms with Gasteiger partial charge in [0.2, 0.25) is 15.9 Å². The molecule has 1 rings (SSSR count). The van der Waals surface area contributed by atoms with E-state index in [4.69, 9.17) is 0 Å².